The molecule has 4 N–H and O–H groups in total. The molecule has 0 saturated carbocycles. The van der Waals surface area contributed by atoms with Crippen LogP contribution >= 0.6 is 23.4 Å². The molecule has 5 aromatic rings. The van der Waals surface area contributed by atoms with Gasteiger partial charge in [0.1, 0.15) is 5.70 Å². The highest BCUT2D eigenvalue weighted by Crippen LogP contribution is 2.34. The van der Waals surface area contributed by atoms with Crippen molar-refractivity contribution in [3.05, 3.63) is 131 Å². The summed E-state index contributed by atoms with van der Waals surface area (Å²) >= 11 is 7.11. The second-order valence-electron chi connectivity index (χ2n) is 9.68. The molecule has 4 aromatic carbocycles. The maximum absolute atomic E-state index is 13.4. The first-order chi connectivity index (χ1) is 21.6. The molecule has 0 aliphatic carbocycles. The molecule has 0 fully saturated rings. The molecule has 228 valence electrons. The number of alkyl halides is 3. The Morgan fingerprint density at radius 2 is 1.58 bits per heavy atom. The van der Waals surface area contributed by atoms with E-state index in [1.54, 1.807) is 66.9 Å². The largest absolute Gasteiger partial charge is 0.416 e. The minimum Gasteiger partial charge on any atom is -0.361 e. The Balaban J connectivity index is 1.25. The highest BCUT2D eigenvalue weighted by molar-refractivity contribution is 8.00. The summed E-state index contributed by atoms with van der Waals surface area (Å²) in [4.78, 5) is 42.6. The third-order valence-electron chi connectivity index (χ3n) is 6.50. The van der Waals surface area contributed by atoms with Gasteiger partial charge in [0.15, 0.2) is 0 Å². The van der Waals surface area contributed by atoms with E-state index in [9.17, 15) is 27.6 Å². The number of aromatic amines is 1. The normalized spacial score (nSPS) is 11.7. The molecule has 0 atom stereocenters. The lowest BCUT2D eigenvalue weighted by molar-refractivity contribution is -0.137. The van der Waals surface area contributed by atoms with E-state index >= 15 is 0 Å². The Morgan fingerprint density at radius 3 is 2.31 bits per heavy atom. The van der Waals surface area contributed by atoms with Crippen molar-refractivity contribution in [3.8, 4) is 0 Å². The fraction of sp³-hybridized carbons (Fsp3) is 0.0606. The van der Waals surface area contributed by atoms with Gasteiger partial charge in [0.2, 0.25) is 5.91 Å². The van der Waals surface area contributed by atoms with Gasteiger partial charge in [0.25, 0.3) is 11.8 Å². The second-order valence-corrected chi connectivity index (χ2v) is 11.1. The van der Waals surface area contributed by atoms with Crippen molar-refractivity contribution in [2.45, 2.75) is 11.1 Å². The molecule has 0 aliphatic rings. The number of aromatic nitrogens is 1. The number of H-pyrrole nitrogens is 1. The number of benzene rings is 4. The van der Waals surface area contributed by atoms with Crippen LogP contribution in [0.1, 0.15) is 21.5 Å². The molecule has 1 aromatic heterocycles. The predicted molar refractivity (Wildman–Crippen MR) is 171 cm³/mol. The van der Waals surface area contributed by atoms with Crippen molar-refractivity contribution < 1.29 is 27.6 Å². The summed E-state index contributed by atoms with van der Waals surface area (Å²) in [6.45, 7) is 0. The molecule has 1 heterocycles. The van der Waals surface area contributed by atoms with Gasteiger partial charge in [-0.3, -0.25) is 14.4 Å². The molecule has 12 heteroatoms. The zero-order chi connectivity index (χ0) is 32.0. The van der Waals surface area contributed by atoms with Crippen molar-refractivity contribution in [2.75, 3.05) is 16.4 Å². The zero-order valence-electron chi connectivity index (χ0n) is 23.2. The highest BCUT2D eigenvalue weighted by Gasteiger charge is 2.31. The molecule has 3 amide bonds. The lowest BCUT2D eigenvalue weighted by atomic mass is 10.1. The van der Waals surface area contributed by atoms with E-state index in [-0.39, 0.29) is 22.2 Å². The van der Waals surface area contributed by atoms with Crippen molar-refractivity contribution in [1.82, 2.24) is 10.3 Å². The van der Waals surface area contributed by atoms with Crippen LogP contribution in [0.15, 0.2) is 114 Å². The first-order valence-corrected chi connectivity index (χ1v) is 14.8. The van der Waals surface area contributed by atoms with E-state index in [0.717, 1.165) is 40.9 Å². The molecule has 0 saturated heterocycles. The van der Waals surface area contributed by atoms with Crippen LogP contribution in [0.3, 0.4) is 0 Å². The fourth-order valence-corrected chi connectivity index (χ4v) is 5.14. The maximum atomic E-state index is 13.4. The van der Waals surface area contributed by atoms with E-state index in [4.69, 9.17) is 11.6 Å². The summed E-state index contributed by atoms with van der Waals surface area (Å²) in [6, 6.07) is 25.4. The van der Waals surface area contributed by atoms with E-state index in [1.807, 2.05) is 24.3 Å². The van der Waals surface area contributed by atoms with E-state index in [2.05, 4.69) is 20.9 Å². The van der Waals surface area contributed by atoms with Crippen LogP contribution in [0.25, 0.3) is 17.0 Å². The van der Waals surface area contributed by atoms with Crippen molar-refractivity contribution >= 4 is 69.4 Å². The maximum Gasteiger partial charge on any atom is 0.416 e. The summed E-state index contributed by atoms with van der Waals surface area (Å²) in [5.74, 6) is -1.64. The van der Waals surface area contributed by atoms with Crippen LogP contribution in [-0.4, -0.2) is 28.5 Å². The van der Waals surface area contributed by atoms with Gasteiger partial charge >= 0.3 is 6.18 Å². The third kappa shape index (κ3) is 8.14. The van der Waals surface area contributed by atoms with Crippen molar-refractivity contribution in [3.63, 3.8) is 0 Å². The molecular formula is C33H24ClF3N4O3S. The fourth-order valence-electron chi connectivity index (χ4n) is 4.28. The molecule has 0 bridgehead atoms. The van der Waals surface area contributed by atoms with Gasteiger partial charge in [-0.15, -0.1) is 11.8 Å². The number of halogens is 4. The molecule has 7 nitrogen and oxygen atoms in total. The van der Waals surface area contributed by atoms with Crippen LogP contribution in [0, 0.1) is 0 Å². The minimum absolute atomic E-state index is 0.0143. The number of carbonyl (C=O) groups excluding carboxylic acids is 3. The number of thioether (sulfide) groups is 1. The number of para-hydroxylation sites is 1. The standard InChI is InChI=1S/C33H24ClF3N4O3S/c34-26-15-10-22(33(35,36)37)17-28(26)40-30(42)19-45-24-13-11-23(12-14-24)39-32(44)29(41-31(43)20-6-2-1-3-7-20)16-21-18-38-27-9-5-4-8-25(21)27/h1-18,38H,19H2,(H,39,44)(H,40,42)(H,41,43). The highest BCUT2D eigenvalue weighted by atomic mass is 35.5. The Labute approximate surface area is 264 Å². The minimum atomic E-state index is -4.57. The molecule has 0 radical (unpaired) electrons. The van der Waals surface area contributed by atoms with Gasteiger partial charge in [-0.25, -0.2) is 0 Å². The predicted octanol–water partition coefficient (Wildman–Crippen LogP) is 7.98. The van der Waals surface area contributed by atoms with E-state index in [1.165, 1.54) is 0 Å². The van der Waals surface area contributed by atoms with Crippen LogP contribution in [0.2, 0.25) is 5.02 Å². The number of carbonyl (C=O) groups is 3. The molecule has 5 rings (SSSR count). The molecule has 45 heavy (non-hydrogen) atoms. The van der Waals surface area contributed by atoms with Gasteiger partial charge < -0.3 is 20.9 Å². The number of fused-ring (bicyclic) bond motifs is 1. The molecule has 0 spiro atoms. The summed E-state index contributed by atoms with van der Waals surface area (Å²) in [7, 11) is 0. The average molecular weight is 649 g/mol. The van der Waals surface area contributed by atoms with Crippen LogP contribution in [0.4, 0.5) is 24.5 Å². The Hall–Kier alpha value is -5.00. The Morgan fingerprint density at radius 1 is 0.867 bits per heavy atom. The number of amides is 3. The topological polar surface area (TPSA) is 103 Å². The summed E-state index contributed by atoms with van der Waals surface area (Å²) in [6.07, 6.45) is -1.24. The van der Waals surface area contributed by atoms with Crippen molar-refractivity contribution in [1.29, 1.82) is 0 Å². The van der Waals surface area contributed by atoms with Gasteiger partial charge in [-0.05, 0) is 66.7 Å². The number of hydrogen-bond donors (Lipinski definition) is 4. The Bertz CT molecular complexity index is 1890. The van der Waals surface area contributed by atoms with Gasteiger partial charge in [-0.1, -0.05) is 48.0 Å². The van der Waals surface area contributed by atoms with Gasteiger partial charge in [0, 0.05) is 38.8 Å². The monoisotopic (exact) mass is 648 g/mol. The molecular weight excluding hydrogens is 625 g/mol. The zero-order valence-corrected chi connectivity index (χ0v) is 24.8. The van der Waals surface area contributed by atoms with Crippen molar-refractivity contribution in [2.24, 2.45) is 0 Å². The number of anilines is 2. The van der Waals surface area contributed by atoms with E-state index in [0.29, 0.717) is 21.7 Å². The summed E-state index contributed by atoms with van der Waals surface area (Å²) in [5, 5.41) is 8.76. The Kier molecular flexibility index (Phi) is 9.60. The number of rotatable bonds is 9. The molecule has 0 unspecified atom stereocenters. The summed E-state index contributed by atoms with van der Waals surface area (Å²) < 4.78 is 39.1. The van der Waals surface area contributed by atoms with E-state index < -0.39 is 29.5 Å². The lowest BCUT2D eigenvalue weighted by Gasteiger charge is -2.12. The number of hydrogen-bond acceptors (Lipinski definition) is 4. The number of nitrogens with one attached hydrogen (secondary N) is 4. The molecule has 0 aliphatic heterocycles. The lowest BCUT2D eigenvalue weighted by Crippen LogP contribution is -2.30. The quantitative estimate of drug-likeness (QED) is 0.0961. The smallest absolute Gasteiger partial charge is 0.361 e. The third-order valence-corrected chi connectivity index (χ3v) is 7.84. The van der Waals surface area contributed by atoms with Gasteiger partial charge in [0.05, 0.1) is 22.0 Å². The summed E-state index contributed by atoms with van der Waals surface area (Å²) in [5.41, 5.74) is 1.37. The average Bonchev–Trinajstić information content (AvgIpc) is 3.44. The SMILES string of the molecule is O=C(CSc1ccc(NC(=O)C(=Cc2c[nH]c3ccccc23)NC(=O)c2ccccc2)cc1)Nc1cc(C(F)(F)F)ccc1Cl. The van der Waals surface area contributed by atoms with Crippen LogP contribution in [0.5, 0.6) is 0 Å². The van der Waals surface area contributed by atoms with Gasteiger partial charge in [-0.2, -0.15) is 13.2 Å². The first kappa shape index (κ1) is 31.4. The second kappa shape index (κ2) is 13.7. The van der Waals surface area contributed by atoms with Crippen LogP contribution in [-0.2, 0) is 15.8 Å². The van der Waals surface area contributed by atoms with Crippen LogP contribution < -0.4 is 16.0 Å². The first-order valence-electron chi connectivity index (χ1n) is 13.4.